The second-order valence-electron chi connectivity index (χ2n) is 3.92. The van der Waals surface area contributed by atoms with Gasteiger partial charge in [-0.3, -0.25) is 4.68 Å². The van der Waals surface area contributed by atoms with Crippen molar-refractivity contribution in [2.75, 3.05) is 5.32 Å². The van der Waals surface area contributed by atoms with Gasteiger partial charge in [0.05, 0.1) is 33.7 Å². The van der Waals surface area contributed by atoms with Crippen LogP contribution < -0.4 is 5.32 Å². The molecule has 1 aromatic heterocycles. The van der Waals surface area contributed by atoms with Crippen LogP contribution in [-0.2, 0) is 13.6 Å². The van der Waals surface area contributed by atoms with E-state index in [9.17, 15) is 4.39 Å². The standard InChI is InChI=1S/C12H12Cl2FN3/c1-7-11(14)10(18(2)17-7)6-16-12-8(13)4-3-5-9(12)15/h3-5,16H,6H2,1-2H3. The van der Waals surface area contributed by atoms with E-state index in [1.54, 1.807) is 23.9 Å². The van der Waals surface area contributed by atoms with Crippen LogP contribution in [0.25, 0.3) is 0 Å². The van der Waals surface area contributed by atoms with E-state index in [1.165, 1.54) is 6.07 Å². The SMILES string of the molecule is Cc1nn(C)c(CNc2c(F)cccc2Cl)c1Cl. The number of aryl methyl sites for hydroxylation is 2. The van der Waals surface area contributed by atoms with E-state index < -0.39 is 5.82 Å². The van der Waals surface area contributed by atoms with Crippen molar-refractivity contribution in [1.82, 2.24) is 9.78 Å². The summed E-state index contributed by atoms with van der Waals surface area (Å²) in [6.45, 7) is 2.18. The molecule has 1 N–H and O–H groups in total. The second-order valence-corrected chi connectivity index (χ2v) is 4.71. The number of hydrogen-bond donors (Lipinski definition) is 1. The average Bonchev–Trinajstić information content (AvgIpc) is 2.54. The summed E-state index contributed by atoms with van der Waals surface area (Å²) < 4.78 is 15.2. The van der Waals surface area contributed by atoms with Crippen LogP contribution >= 0.6 is 23.2 Å². The molecule has 18 heavy (non-hydrogen) atoms. The Balaban J connectivity index is 2.22. The molecule has 0 amide bonds. The predicted molar refractivity (Wildman–Crippen MR) is 71.7 cm³/mol. The Hall–Kier alpha value is -1.26. The van der Waals surface area contributed by atoms with Crippen LogP contribution in [0.15, 0.2) is 18.2 Å². The molecular formula is C12H12Cl2FN3. The Morgan fingerprint density at radius 1 is 1.39 bits per heavy atom. The van der Waals surface area contributed by atoms with Crippen LogP contribution in [0.4, 0.5) is 10.1 Å². The largest absolute Gasteiger partial charge is 0.376 e. The van der Waals surface area contributed by atoms with Crippen molar-refractivity contribution < 1.29 is 4.39 Å². The van der Waals surface area contributed by atoms with Crippen molar-refractivity contribution in [2.45, 2.75) is 13.5 Å². The highest BCUT2D eigenvalue weighted by Crippen LogP contribution is 2.26. The Labute approximate surface area is 115 Å². The quantitative estimate of drug-likeness (QED) is 0.931. The third-order valence-corrected chi connectivity index (χ3v) is 3.46. The molecule has 0 aliphatic rings. The van der Waals surface area contributed by atoms with E-state index in [2.05, 4.69) is 10.4 Å². The van der Waals surface area contributed by atoms with Gasteiger partial charge < -0.3 is 5.32 Å². The van der Waals surface area contributed by atoms with E-state index in [4.69, 9.17) is 23.2 Å². The van der Waals surface area contributed by atoms with Gasteiger partial charge in [0, 0.05) is 7.05 Å². The Morgan fingerprint density at radius 3 is 2.67 bits per heavy atom. The highest BCUT2D eigenvalue weighted by Gasteiger charge is 2.12. The molecule has 0 radical (unpaired) electrons. The van der Waals surface area contributed by atoms with Crippen LogP contribution in [0.5, 0.6) is 0 Å². The number of halogens is 3. The molecule has 0 aliphatic carbocycles. The van der Waals surface area contributed by atoms with E-state index in [0.717, 1.165) is 11.4 Å². The second kappa shape index (κ2) is 5.16. The van der Waals surface area contributed by atoms with E-state index >= 15 is 0 Å². The van der Waals surface area contributed by atoms with Gasteiger partial charge in [-0.2, -0.15) is 5.10 Å². The molecule has 0 aliphatic heterocycles. The van der Waals surface area contributed by atoms with Crippen molar-refractivity contribution in [3.63, 3.8) is 0 Å². The monoisotopic (exact) mass is 287 g/mol. The zero-order chi connectivity index (χ0) is 13.3. The molecule has 0 spiro atoms. The van der Waals surface area contributed by atoms with Gasteiger partial charge in [-0.25, -0.2) is 4.39 Å². The Morgan fingerprint density at radius 2 is 2.11 bits per heavy atom. The normalized spacial score (nSPS) is 10.7. The van der Waals surface area contributed by atoms with Crippen molar-refractivity contribution >= 4 is 28.9 Å². The lowest BCUT2D eigenvalue weighted by Gasteiger charge is -2.09. The molecule has 0 saturated heterocycles. The lowest BCUT2D eigenvalue weighted by Crippen LogP contribution is -2.07. The molecule has 1 aromatic carbocycles. The highest BCUT2D eigenvalue weighted by molar-refractivity contribution is 6.33. The van der Waals surface area contributed by atoms with Gasteiger partial charge >= 0.3 is 0 Å². The van der Waals surface area contributed by atoms with Gasteiger partial charge in [0.1, 0.15) is 5.82 Å². The number of rotatable bonds is 3. The van der Waals surface area contributed by atoms with Gasteiger partial charge in [-0.1, -0.05) is 29.3 Å². The molecule has 3 nitrogen and oxygen atoms in total. The van der Waals surface area contributed by atoms with Crippen LogP contribution in [0.3, 0.4) is 0 Å². The fourth-order valence-electron chi connectivity index (χ4n) is 1.71. The topological polar surface area (TPSA) is 29.9 Å². The van der Waals surface area contributed by atoms with E-state index in [0.29, 0.717) is 16.6 Å². The predicted octanol–water partition coefficient (Wildman–Crippen LogP) is 3.79. The zero-order valence-corrected chi connectivity index (χ0v) is 11.5. The third kappa shape index (κ3) is 2.44. The summed E-state index contributed by atoms with van der Waals surface area (Å²) >= 11 is 12.0. The number of benzene rings is 1. The van der Waals surface area contributed by atoms with Gasteiger partial charge in [-0.15, -0.1) is 0 Å². The fraction of sp³-hybridized carbons (Fsp3) is 0.250. The summed E-state index contributed by atoms with van der Waals surface area (Å²) in [7, 11) is 1.79. The van der Waals surface area contributed by atoms with Crippen LogP contribution in [0.2, 0.25) is 10.0 Å². The van der Waals surface area contributed by atoms with Gasteiger partial charge in [0.15, 0.2) is 0 Å². The number of hydrogen-bond acceptors (Lipinski definition) is 2. The first-order valence-corrected chi connectivity index (χ1v) is 6.12. The first-order valence-electron chi connectivity index (χ1n) is 5.36. The lowest BCUT2D eigenvalue weighted by molar-refractivity contribution is 0.629. The maximum atomic E-state index is 13.6. The molecule has 6 heteroatoms. The Kier molecular flexibility index (Phi) is 3.78. The van der Waals surface area contributed by atoms with Crippen molar-refractivity contribution in [1.29, 1.82) is 0 Å². The lowest BCUT2D eigenvalue weighted by atomic mass is 10.3. The Bertz CT molecular complexity index is 561. The minimum Gasteiger partial charge on any atom is -0.376 e. The smallest absolute Gasteiger partial charge is 0.147 e. The van der Waals surface area contributed by atoms with Gasteiger partial charge in [0.2, 0.25) is 0 Å². The van der Waals surface area contributed by atoms with E-state index in [-0.39, 0.29) is 5.69 Å². The molecule has 0 fully saturated rings. The zero-order valence-electron chi connectivity index (χ0n) is 9.97. The first-order chi connectivity index (χ1) is 8.50. The third-order valence-electron chi connectivity index (χ3n) is 2.66. The minimum atomic E-state index is -0.391. The van der Waals surface area contributed by atoms with Crippen molar-refractivity contribution in [3.05, 3.63) is 45.4 Å². The number of aromatic nitrogens is 2. The molecule has 0 atom stereocenters. The molecule has 0 unspecified atom stereocenters. The molecule has 96 valence electrons. The summed E-state index contributed by atoms with van der Waals surface area (Å²) in [5, 5.41) is 8.04. The summed E-state index contributed by atoms with van der Waals surface area (Å²) in [5.41, 5.74) is 1.80. The number of para-hydroxylation sites is 1. The number of nitrogens with one attached hydrogen (secondary N) is 1. The maximum Gasteiger partial charge on any atom is 0.147 e. The summed E-state index contributed by atoms with van der Waals surface area (Å²) in [4.78, 5) is 0. The van der Waals surface area contributed by atoms with Gasteiger partial charge in [-0.05, 0) is 19.1 Å². The molecular weight excluding hydrogens is 276 g/mol. The van der Waals surface area contributed by atoms with Crippen LogP contribution in [0, 0.1) is 12.7 Å². The van der Waals surface area contributed by atoms with E-state index in [1.807, 2.05) is 6.92 Å². The maximum absolute atomic E-state index is 13.6. The summed E-state index contributed by atoms with van der Waals surface area (Å²) in [6.07, 6.45) is 0. The average molecular weight is 288 g/mol. The fourth-order valence-corrected chi connectivity index (χ4v) is 2.17. The van der Waals surface area contributed by atoms with Crippen molar-refractivity contribution in [2.24, 2.45) is 7.05 Å². The molecule has 2 aromatic rings. The first kappa shape index (κ1) is 13.2. The molecule has 1 heterocycles. The number of anilines is 1. The highest BCUT2D eigenvalue weighted by atomic mass is 35.5. The molecule has 2 rings (SSSR count). The van der Waals surface area contributed by atoms with Crippen LogP contribution in [0.1, 0.15) is 11.4 Å². The van der Waals surface area contributed by atoms with Crippen molar-refractivity contribution in [3.8, 4) is 0 Å². The molecule has 0 bridgehead atoms. The molecule has 0 saturated carbocycles. The number of nitrogens with zero attached hydrogens (tertiary/aromatic N) is 2. The van der Waals surface area contributed by atoms with Gasteiger partial charge in [0.25, 0.3) is 0 Å². The van der Waals surface area contributed by atoms with Crippen LogP contribution in [-0.4, -0.2) is 9.78 Å². The minimum absolute atomic E-state index is 0.272. The summed E-state index contributed by atoms with van der Waals surface area (Å²) in [5.74, 6) is -0.391. The summed E-state index contributed by atoms with van der Waals surface area (Å²) in [6, 6.07) is 4.54.